The summed E-state index contributed by atoms with van der Waals surface area (Å²) >= 11 is 0. The summed E-state index contributed by atoms with van der Waals surface area (Å²) in [5, 5.41) is 19.6. The van der Waals surface area contributed by atoms with E-state index >= 15 is 0 Å². The molecule has 34 heavy (non-hydrogen) atoms. The van der Waals surface area contributed by atoms with Crippen LogP contribution >= 0.6 is 0 Å². The van der Waals surface area contributed by atoms with Crippen molar-refractivity contribution in [3.63, 3.8) is 0 Å². The summed E-state index contributed by atoms with van der Waals surface area (Å²) in [7, 11) is 0. The van der Waals surface area contributed by atoms with Crippen LogP contribution in [0.2, 0.25) is 0 Å². The second-order valence-electron chi connectivity index (χ2n) is 7.88. The van der Waals surface area contributed by atoms with Gasteiger partial charge in [0.2, 0.25) is 0 Å². The molecule has 0 bridgehead atoms. The highest BCUT2D eigenvalue weighted by molar-refractivity contribution is 5.95. The molecule has 5 rings (SSSR count). The van der Waals surface area contributed by atoms with Crippen molar-refractivity contribution in [2.75, 3.05) is 31.1 Å². The zero-order valence-electron chi connectivity index (χ0n) is 18.1. The van der Waals surface area contributed by atoms with Crippen LogP contribution in [0.5, 0.6) is 0 Å². The first-order chi connectivity index (χ1) is 16.4. The number of fused-ring (bicyclic) bond motifs is 1. The molecule has 2 aromatic heterocycles. The average molecular weight is 462 g/mol. The van der Waals surface area contributed by atoms with Crippen LogP contribution < -0.4 is 4.90 Å². The zero-order chi connectivity index (χ0) is 23.8. The molecule has 1 fully saturated rings. The van der Waals surface area contributed by atoms with Gasteiger partial charge in [-0.3, -0.25) is 14.9 Å². The standard InChI is InChI=1S/C22H19FN8O3/c1-14-2-3-15(12-18(14)31(33)34)22(32)29-10-8-28(9-11-29)20-19-21(25-13-24-20)30(27-26-19)17-6-4-16(23)5-7-17/h2-7,12-13H,8-11H2,1H3. The summed E-state index contributed by atoms with van der Waals surface area (Å²) < 4.78 is 14.8. The Hall–Kier alpha value is -4.48. The number of anilines is 1. The number of amides is 1. The van der Waals surface area contributed by atoms with E-state index in [4.69, 9.17) is 0 Å². The fourth-order valence-corrected chi connectivity index (χ4v) is 3.97. The molecule has 4 aromatic rings. The van der Waals surface area contributed by atoms with Gasteiger partial charge >= 0.3 is 0 Å². The first kappa shape index (κ1) is 21.4. The Morgan fingerprint density at radius 1 is 1.06 bits per heavy atom. The molecule has 1 aliphatic heterocycles. The van der Waals surface area contributed by atoms with E-state index in [0.717, 1.165) is 0 Å². The fourth-order valence-electron chi connectivity index (χ4n) is 3.97. The third-order valence-corrected chi connectivity index (χ3v) is 5.81. The minimum Gasteiger partial charge on any atom is -0.351 e. The van der Waals surface area contributed by atoms with Crippen LogP contribution in [0.15, 0.2) is 48.8 Å². The third-order valence-electron chi connectivity index (χ3n) is 5.81. The first-order valence-electron chi connectivity index (χ1n) is 10.5. The summed E-state index contributed by atoms with van der Waals surface area (Å²) in [5.41, 5.74) is 2.33. The molecule has 0 spiro atoms. The molecule has 0 unspecified atom stereocenters. The van der Waals surface area contributed by atoms with E-state index in [9.17, 15) is 19.3 Å². The number of carbonyl (C=O) groups is 1. The predicted molar refractivity (Wildman–Crippen MR) is 120 cm³/mol. The van der Waals surface area contributed by atoms with Gasteiger partial charge in [0.05, 0.1) is 10.6 Å². The molecule has 3 heterocycles. The predicted octanol–water partition coefficient (Wildman–Crippen LogP) is 2.53. The zero-order valence-corrected chi connectivity index (χ0v) is 18.1. The third kappa shape index (κ3) is 3.78. The Kier molecular flexibility index (Phi) is 5.32. The van der Waals surface area contributed by atoms with Crippen LogP contribution in [0.25, 0.3) is 16.9 Å². The van der Waals surface area contributed by atoms with Gasteiger partial charge in [0.15, 0.2) is 17.0 Å². The topological polar surface area (TPSA) is 123 Å². The van der Waals surface area contributed by atoms with Crippen LogP contribution in [-0.4, -0.2) is 66.9 Å². The summed E-state index contributed by atoms with van der Waals surface area (Å²) in [5.74, 6) is -0.00887. The SMILES string of the molecule is Cc1ccc(C(=O)N2CCN(c3ncnc4c3nnn4-c3ccc(F)cc3)CC2)cc1[N+](=O)[O-]. The molecule has 1 saturated heterocycles. The number of hydrogen-bond acceptors (Lipinski definition) is 8. The second kappa shape index (κ2) is 8.46. The molecule has 0 aliphatic carbocycles. The van der Waals surface area contributed by atoms with E-state index < -0.39 is 4.92 Å². The Morgan fingerprint density at radius 3 is 2.50 bits per heavy atom. The van der Waals surface area contributed by atoms with Gasteiger partial charge in [-0.15, -0.1) is 5.10 Å². The van der Waals surface area contributed by atoms with Gasteiger partial charge in [-0.2, -0.15) is 4.68 Å². The molecular weight excluding hydrogens is 443 g/mol. The van der Waals surface area contributed by atoms with E-state index in [1.165, 1.54) is 29.2 Å². The van der Waals surface area contributed by atoms with Gasteiger partial charge in [0.1, 0.15) is 12.1 Å². The number of aryl methyl sites for hydroxylation is 1. The van der Waals surface area contributed by atoms with Gasteiger partial charge in [0, 0.05) is 43.4 Å². The molecule has 1 amide bonds. The lowest BCUT2D eigenvalue weighted by atomic mass is 10.1. The maximum atomic E-state index is 13.3. The number of benzene rings is 2. The quantitative estimate of drug-likeness (QED) is 0.335. The number of nitro benzene ring substituents is 1. The van der Waals surface area contributed by atoms with Crippen molar-refractivity contribution < 1.29 is 14.1 Å². The van der Waals surface area contributed by atoms with Crippen molar-refractivity contribution in [1.29, 1.82) is 0 Å². The molecule has 0 saturated carbocycles. The Morgan fingerprint density at radius 2 is 1.79 bits per heavy atom. The van der Waals surface area contributed by atoms with Crippen molar-refractivity contribution in [2.45, 2.75) is 6.92 Å². The molecule has 0 radical (unpaired) electrons. The highest BCUT2D eigenvalue weighted by Gasteiger charge is 2.26. The smallest absolute Gasteiger partial charge is 0.273 e. The molecule has 0 atom stereocenters. The Bertz CT molecular complexity index is 1400. The van der Waals surface area contributed by atoms with Crippen LogP contribution in [0.3, 0.4) is 0 Å². The molecule has 2 aromatic carbocycles. The van der Waals surface area contributed by atoms with Gasteiger partial charge < -0.3 is 9.80 Å². The summed E-state index contributed by atoms with van der Waals surface area (Å²) in [6.45, 7) is 3.46. The van der Waals surface area contributed by atoms with E-state index in [2.05, 4.69) is 20.3 Å². The lowest BCUT2D eigenvalue weighted by molar-refractivity contribution is -0.385. The highest BCUT2D eigenvalue weighted by atomic mass is 19.1. The highest BCUT2D eigenvalue weighted by Crippen LogP contribution is 2.25. The first-order valence-corrected chi connectivity index (χ1v) is 10.5. The van der Waals surface area contributed by atoms with E-state index in [0.29, 0.717) is 54.4 Å². The Balaban J connectivity index is 1.34. The van der Waals surface area contributed by atoms with Crippen molar-refractivity contribution >= 4 is 28.6 Å². The Labute approximate surface area is 192 Å². The molecule has 172 valence electrons. The number of nitro groups is 1. The van der Waals surface area contributed by atoms with Crippen molar-refractivity contribution in [1.82, 2.24) is 29.9 Å². The minimum atomic E-state index is -0.483. The lowest BCUT2D eigenvalue weighted by Crippen LogP contribution is -2.49. The number of aromatic nitrogens is 5. The molecule has 12 heteroatoms. The van der Waals surface area contributed by atoms with Crippen molar-refractivity contribution in [2.24, 2.45) is 0 Å². The van der Waals surface area contributed by atoms with Crippen LogP contribution in [-0.2, 0) is 0 Å². The van der Waals surface area contributed by atoms with Gasteiger partial charge in [0.25, 0.3) is 11.6 Å². The summed E-state index contributed by atoms with van der Waals surface area (Å²) in [6.07, 6.45) is 1.42. The molecule has 11 nitrogen and oxygen atoms in total. The molecular formula is C22H19FN8O3. The van der Waals surface area contributed by atoms with Crippen LogP contribution in [0, 0.1) is 22.9 Å². The lowest BCUT2D eigenvalue weighted by Gasteiger charge is -2.35. The van der Waals surface area contributed by atoms with Crippen molar-refractivity contribution in [3.8, 4) is 5.69 Å². The largest absolute Gasteiger partial charge is 0.351 e. The molecule has 1 aliphatic rings. The number of piperazine rings is 1. The van der Waals surface area contributed by atoms with E-state index in [1.54, 1.807) is 36.1 Å². The normalized spacial score (nSPS) is 13.9. The second-order valence-corrected chi connectivity index (χ2v) is 7.88. The monoisotopic (exact) mass is 462 g/mol. The van der Waals surface area contributed by atoms with Crippen LogP contribution in [0.1, 0.15) is 15.9 Å². The van der Waals surface area contributed by atoms with Gasteiger partial charge in [-0.25, -0.2) is 14.4 Å². The molecule has 0 N–H and O–H groups in total. The maximum absolute atomic E-state index is 13.3. The minimum absolute atomic E-state index is 0.0721. The number of carbonyl (C=O) groups excluding carboxylic acids is 1. The number of halogens is 1. The van der Waals surface area contributed by atoms with E-state index in [1.807, 2.05) is 4.90 Å². The number of hydrogen-bond donors (Lipinski definition) is 0. The maximum Gasteiger partial charge on any atom is 0.273 e. The fraction of sp³-hybridized carbons (Fsp3) is 0.227. The average Bonchev–Trinajstić information content (AvgIpc) is 3.29. The van der Waals surface area contributed by atoms with Gasteiger partial charge in [-0.1, -0.05) is 11.3 Å². The van der Waals surface area contributed by atoms with Gasteiger partial charge in [-0.05, 0) is 37.3 Å². The van der Waals surface area contributed by atoms with Crippen LogP contribution in [0.4, 0.5) is 15.9 Å². The van der Waals surface area contributed by atoms with Crippen molar-refractivity contribution in [3.05, 3.63) is 75.9 Å². The number of rotatable bonds is 4. The van der Waals surface area contributed by atoms with E-state index in [-0.39, 0.29) is 23.0 Å². The summed E-state index contributed by atoms with van der Waals surface area (Å²) in [4.78, 5) is 36.0. The summed E-state index contributed by atoms with van der Waals surface area (Å²) in [6, 6.07) is 10.4. The number of nitrogens with zero attached hydrogens (tertiary/aromatic N) is 8.